The fourth-order valence-corrected chi connectivity index (χ4v) is 3.44. The van der Waals surface area contributed by atoms with Crippen LogP contribution in [0.2, 0.25) is 0 Å². The number of nitrogens with zero attached hydrogens (tertiary/aromatic N) is 1. The van der Waals surface area contributed by atoms with Crippen molar-refractivity contribution in [2.45, 2.75) is 6.92 Å². The zero-order chi connectivity index (χ0) is 23.2. The first-order valence-electron chi connectivity index (χ1n) is 10.4. The number of rotatable bonds is 9. The topological polar surface area (TPSA) is 82.0 Å². The molecule has 4 aromatic rings. The maximum absolute atomic E-state index is 11.8. The summed E-state index contributed by atoms with van der Waals surface area (Å²) in [5.41, 5.74) is 5.31. The maximum Gasteiger partial charge on any atom is 0.337 e. The van der Waals surface area contributed by atoms with Gasteiger partial charge in [-0.1, -0.05) is 30.3 Å². The number of hydrogen-bond acceptors (Lipinski definition) is 5. The molecular weight excluding hydrogens is 420 g/mol. The van der Waals surface area contributed by atoms with Crippen LogP contribution in [0.15, 0.2) is 79.0 Å². The van der Waals surface area contributed by atoms with Crippen LogP contribution in [-0.4, -0.2) is 29.4 Å². The number of nitrogens with one attached hydrogen (secondary N) is 1. The highest BCUT2D eigenvalue weighted by atomic mass is 16.6. The van der Waals surface area contributed by atoms with Crippen molar-refractivity contribution >= 4 is 28.8 Å². The van der Waals surface area contributed by atoms with Crippen molar-refractivity contribution in [2.24, 2.45) is 0 Å². The lowest BCUT2D eigenvalue weighted by Crippen LogP contribution is -2.13. The monoisotopic (exact) mass is 444 g/mol. The van der Waals surface area contributed by atoms with Gasteiger partial charge in [-0.2, -0.15) is 0 Å². The van der Waals surface area contributed by atoms with Gasteiger partial charge in [-0.05, 0) is 49.4 Å². The van der Waals surface area contributed by atoms with Gasteiger partial charge in [0.15, 0.2) is 0 Å². The first-order chi connectivity index (χ1) is 16.1. The summed E-state index contributed by atoms with van der Waals surface area (Å²) in [4.78, 5) is 17.3. The van der Waals surface area contributed by atoms with E-state index < -0.39 is 5.97 Å². The van der Waals surface area contributed by atoms with Crippen LogP contribution < -0.4 is 15.0 Å². The Morgan fingerprint density at radius 1 is 1.00 bits per heavy atom. The molecule has 4 rings (SSSR count). The highest BCUT2D eigenvalue weighted by Crippen LogP contribution is 2.29. The largest absolute Gasteiger partial charge is 0.497 e. The van der Waals surface area contributed by atoms with Crippen LogP contribution >= 0.6 is 0 Å². The van der Waals surface area contributed by atoms with E-state index in [9.17, 15) is 9.90 Å². The van der Waals surface area contributed by atoms with Crippen LogP contribution in [0.25, 0.3) is 22.8 Å². The summed E-state index contributed by atoms with van der Waals surface area (Å²) in [7, 11) is 1.55. The molecular formula is C26H24N2O5. The fourth-order valence-electron chi connectivity index (χ4n) is 3.44. The molecule has 0 saturated heterocycles. The van der Waals surface area contributed by atoms with E-state index in [2.05, 4.69) is 5.48 Å². The summed E-state index contributed by atoms with van der Waals surface area (Å²) >= 11 is 0. The number of fused-ring (bicyclic) bond motifs is 1. The molecule has 1 aromatic heterocycles. The lowest BCUT2D eigenvalue weighted by Gasteiger charge is -2.13. The smallest absolute Gasteiger partial charge is 0.337 e. The highest BCUT2D eigenvalue weighted by Gasteiger charge is 2.15. The van der Waals surface area contributed by atoms with Gasteiger partial charge in [0.05, 0.1) is 30.5 Å². The second-order valence-corrected chi connectivity index (χ2v) is 7.16. The Bertz CT molecular complexity index is 1290. The second kappa shape index (κ2) is 9.93. The molecule has 0 radical (unpaired) electrons. The van der Waals surface area contributed by atoms with E-state index in [1.54, 1.807) is 36.2 Å². The van der Waals surface area contributed by atoms with Gasteiger partial charge in [-0.3, -0.25) is 10.3 Å². The van der Waals surface area contributed by atoms with Crippen molar-refractivity contribution in [3.8, 4) is 17.2 Å². The second-order valence-electron chi connectivity index (χ2n) is 7.16. The van der Waals surface area contributed by atoms with Gasteiger partial charge in [0, 0.05) is 23.3 Å². The van der Waals surface area contributed by atoms with Gasteiger partial charge < -0.3 is 19.1 Å². The number of methoxy groups -OCH3 is 1. The number of carboxylic acid groups (broad SMARTS) is 1. The number of aromatic carboxylic acids is 1. The van der Waals surface area contributed by atoms with E-state index in [1.165, 1.54) is 0 Å². The van der Waals surface area contributed by atoms with Gasteiger partial charge >= 0.3 is 5.97 Å². The van der Waals surface area contributed by atoms with Gasteiger partial charge in [0.25, 0.3) is 0 Å². The van der Waals surface area contributed by atoms with Crippen LogP contribution in [0.4, 0.5) is 0 Å². The molecule has 3 aromatic carbocycles. The number of hydrogen-bond donors (Lipinski definition) is 2. The van der Waals surface area contributed by atoms with Gasteiger partial charge in [-0.25, -0.2) is 4.79 Å². The van der Waals surface area contributed by atoms with Crippen LogP contribution in [0, 0.1) is 0 Å². The van der Waals surface area contributed by atoms with E-state index in [1.807, 2.05) is 67.6 Å². The van der Waals surface area contributed by atoms with E-state index in [-0.39, 0.29) is 5.56 Å². The Kier molecular flexibility index (Phi) is 6.61. The number of hydroxylamine groups is 1. The third-order valence-corrected chi connectivity index (χ3v) is 4.99. The standard InChI is InChI=1S/C26H24N2O5/c1-3-32-27-24(18-8-7-11-21(14-18)33-19-9-5-4-6-10-19)17-28-16-23(26(29)30)22-15-20(31-2)12-13-25(22)28/h4-17,27H,3H2,1-2H3,(H,29,30). The van der Waals surface area contributed by atoms with Crippen molar-refractivity contribution in [3.63, 3.8) is 0 Å². The number of benzene rings is 3. The van der Waals surface area contributed by atoms with Crippen molar-refractivity contribution < 1.29 is 24.2 Å². The zero-order valence-corrected chi connectivity index (χ0v) is 18.3. The zero-order valence-electron chi connectivity index (χ0n) is 18.3. The number of carbonyl (C=O) groups is 1. The first kappa shape index (κ1) is 22.0. The summed E-state index contributed by atoms with van der Waals surface area (Å²) in [5, 5.41) is 10.3. The maximum atomic E-state index is 11.8. The molecule has 0 bridgehead atoms. The van der Waals surface area contributed by atoms with Crippen molar-refractivity contribution in [2.75, 3.05) is 13.7 Å². The minimum Gasteiger partial charge on any atom is -0.497 e. The molecule has 0 aliphatic carbocycles. The number of aromatic nitrogens is 1. The Hall–Kier alpha value is -4.23. The summed E-state index contributed by atoms with van der Waals surface area (Å²) in [6, 6.07) is 22.4. The third-order valence-electron chi connectivity index (χ3n) is 4.99. The molecule has 33 heavy (non-hydrogen) atoms. The SMILES string of the molecule is CCONC(=Cn1cc(C(=O)O)c2cc(OC)ccc21)c1cccc(Oc2ccccc2)c1. The molecule has 7 heteroatoms. The van der Waals surface area contributed by atoms with E-state index in [0.717, 1.165) is 16.8 Å². The average molecular weight is 444 g/mol. The minimum atomic E-state index is -1.02. The molecule has 0 amide bonds. The molecule has 0 saturated carbocycles. The Morgan fingerprint density at radius 2 is 1.79 bits per heavy atom. The molecule has 1 heterocycles. The number of ether oxygens (including phenoxy) is 2. The lowest BCUT2D eigenvalue weighted by atomic mass is 10.1. The first-order valence-corrected chi connectivity index (χ1v) is 10.4. The minimum absolute atomic E-state index is 0.178. The van der Waals surface area contributed by atoms with Crippen LogP contribution in [0.3, 0.4) is 0 Å². The summed E-state index contributed by atoms with van der Waals surface area (Å²) in [6.45, 7) is 2.32. The summed E-state index contributed by atoms with van der Waals surface area (Å²) in [6.07, 6.45) is 3.36. The summed E-state index contributed by atoms with van der Waals surface area (Å²) in [5.74, 6) is 0.966. The molecule has 0 spiro atoms. The Labute approximate surface area is 191 Å². The third kappa shape index (κ3) is 4.99. The number of carboxylic acids is 1. The van der Waals surface area contributed by atoms with Crippen molar-refractivity contribution in [1.82, 2.24) is 10.0 Å². The Balaban J connectivity index is 1.77. The molecule has 0 atom stereocenters. The number of para-hydroxylation sites is 1. The van der Waals surface area contributed by atoms with Gasteiger partial charge in [-0.15, -0.1) is 0 Å². The molecule has 0 fully saturated rings. The average Bonchev–Trinajstić information content (AvgIpc) is 3.20. The van der Waals surface area contributed by atoms with Crippen LogP contribution in [-0.2, 0) is 4.84 Å². The summed E-state index contributed by atoms with van der Waals surface area (Å²) < 4.78 is 13.0. The molecule has 0 aliphatic rings. The van der Waals surface area contributed by atoms with Gasteiger partial charge in [0.2, 0.25) is 0 Å². The lowest BCUT2D eigenvalue weighted by molar-refractivity contribution is 0.0699. The molecule has 7 nitrogen and oxygen atoms in total. The van der Waals surface area contributed by atoms with Gasteiger partial charge in [0.1, 0.15) is 17.2 Å². The van der Waals surface area contributed by atoms with E-state index >= 15 is 0 Å². The fraction of sp³-hybridized carbons (Fsp3) is 0.115. The molecule has 2 N–H and O–H groups in total. The normalized spacial score (nSPS) is 11.4. The van der Waals surface area contributed by atoms with Crippen molar-refractivity contribution in [1.29, 1.82) is 0 Å². The molecule has 168 valence electrons. The highest BCUT2D eigenvalue weighted by molar-refractivity contribution is 6.05. The Morgan fingerprint density at radius 3 is 2.52 bits per heavy atom. The molecule has 0 aliphatic heterocycles. The van der Waals surface area contributed by atoms with Crippen LogP contribution in [0.1, 0.15) is 22.8 Å². The van der Waals surface area contributed by atoms with Crippen molar-refractivity contribution in [3.05, 3.63) is 90.1 Å². The van der Waals surface area contributed by atoms with E-state index in [0.29, 0.717) is 29.2 Å². The predicted octanol–water partition coefficient (Wildman–Crippen LogP) is 5.64. The quantitative estimate of drug-likeness (QED) is 0.325. The van der Waals surface area contributed by atoms with Crippen LogP contribution in [0.5, 0.6) is 17.2 Å². The van der Waals surface area contributed by atoms with E-state index in [4.69, 9.17) is 14.3 Å². The molecule has 0 unspecified atom stereocenters. The predicted molar refractivity (Wildman–Crippen MR) is 127 cm³/mol.